The topological polar surface area (TPSA) is 68.4 Å². The van der Waals surface area contributed by atoms with E-state index in [1.54, 1.807) is 0 Å². The van der Waals surface area contributed by atoms with Crippen LogP contribution < -0.4 is 10.5 Å². The summed E-state index contributed by atoms with van der Waals surface area (Å²) in [7, 11) is 1.28. The summed E-state index contributed by atoms with van der Waals surface area (Å²) in [4.78, 5) is 3.54. The standard InChI is InChI=1S/C8H10F2N2O2/c1-14-6-5(3-13)4(7(9)10)2-12-8(6)11/h2,7,13H,3H2,1H3,(H2,11,12). The lowest BCUT2D eigenvalue weighted by molar-refractivity contribution is 0.145. The number of aromatic nitrogens is 1. The van der Waals surface area contributed by atoms with E-state index >= 15 is 0 Å². The van der Waals surface area contributed by atoms with Crippen LogP contribution in [0.15, 0.2) is 6.20 Å². The minimum Gasteiger partial charge on any atom is -0.492 e. The zero-order valence-electron chi connectivity index (χ0n) is 7.50. The van der Waals surface area contributed by atoms with Gasteiger partial charge < -0.3 is 15.6 Å². The Balaban J connectivity index is 3.33. The smallest absolute Gasteiger partial charge is 0.265 e. The SMILES string of the molecule is COc1c(N)ncc(C(F)F)c1CO. The highest BCUT2D eigenvalue weighted by atomic mass is 19.3. The van der Waals surface area contributed by atoms with E-state index in [-0.39, 0.29) is 22.7 Å². The van der Waals surface area contributed by atoms with Crippen molar-refractivity contribution < 1.29 is 18.6 Å². The Bertz CT molecular complexity index is 331. The summed E-state index contributed by atoms with van der Waals surface area (Å²) in [6, 6.07) is 0. The van der Waals surface area contributed by atoms with Crippen molar-refractivity contribution in [3.63, 3.8) is 0 Å². The number of rotatable bonds is 3. The average molecular weight is 204 g/mol. The highest BCUT2D eigenvalue weighted by Crippen LogP contribution is 2.32. The maximum atomic E-state index is 12.4. The van der Waals surface area contributed by atoms with Gasteiger partial charge in [-0.15, -0.1) is 0 Å². The molecule has 0 fully saturated rings. The quantitative estimate of drug-likeness (QED) is 0.773. The number of aliphatic hydroxyl groups is 1. The summed E-state index contributed by atoms with van der Waals surface area (Å²) in [5.74, 6) is -0.00810. The molecule has 0 saturated heterocycles. The van der Waals surface area contributed by atoms with E-state index in [1.165, 1.54) is 7.11 Å². The van der Waals surface area contributed by atoms with Crippen LogP contribution in [-0.2, 0) is 6.61 Å². The Kier molecular flexibility index (Phi) is 3.19. The van der Waals surface area contributed by atoms with Gasteiger partial charge in [0.2, 0.25) is 0 Å². The molecule has 1 heterocycles. The van der Waals surface area contributed by atoms with Crippen molar-refractivity contribution in [2.45, 2.75) is 13.0 Å². The predicted octanol–water partition coefficient (Wildman–Crippen LogP) is 1.10. The molecule has 3 N–H and O–H groups in total. The van der Waals surface area contributed by atoms with E-state index in [4.69, 9.17) is 15.6 Å². The van der Waals surface area contributed by atoms with Crippen molar-refractivity contribution in [2.75, 3.05) is 12.8 Å². The van der Waals surface area contributed by atoms with Gasteiger partial charge in [0.15, 0.2) is 11.6 Å². The molecule has 6 heteroatoms. The molecule has 0 aromatic carbocycles. The summed E-state index contributed by atoms with van der Waals surface area (Å²) in [6.45, 7) is -0.560. The maximum Gasteiger partial charge on any atom is 0.265 e. The van der Waals surface area contributed by atoms with Crippen LogP contribution in [0.3, 0.4) is 0 Å². The number of anilines is 1. The Hall–Kier alpha value is -1.43. The first-order chi connectivity index (χ1) is 6.61. The second-order valence-corrected chi connectivity index (χ2v) is 2.57. The third-order valence-electron chi connectivity index (χ3n) is 1.80. The number of hydrogen-bond acceptors (Lipinski definition) is 4. The molecule has 0 aliphatic heterocycles. The number of pyridine rings is 1. The number of aliphatic hydroxyl groups excluding tert-OH is 1. The highest BCUT2D eigenvalue weighted by molar-refractivity contribution is 5.53. The Labute approximate surface area is 79.3 Å². The van der Waals surface area contributed by atoms with Crippen LogP contribution in [0.1, 0.15) is 17.6 Å². The van der Waals surface area contributed by atoms with E-state index < -0.39 is 13.0 Å². The number of ether oxygens (including phenoxy) is 1. The molecule has 0 aliphatic rings. The molecule has 0 aliphatic carbocycles. The monoisotopic (exact) mass is 204 g/mol. The van der Waals surface area contributed by atoms with Crippen LogP contribution in [0, 0.1) is 0 Å². The summed E-state index contributed by atoms with van der Waals surface area (Å²) in [5, 5.41) is 8.91. The van der Waals surface area contributed by atoms with Gasteiger partial charge in [-0.25, -0.2) is 13.8 Å². The van der Waals surface area contributed by atoms with E-state index in [9.17, 15) is 8.78 Å². The zero-order chi connectivity index (χ0) is 10.7. The van der Waals surface area contributed by atoms with Gasteiger partial charge >= 0.3 is 0 Å². The lowest BCUT2D eigenvalue weighted by Crippen LogP contribution is -2.04. The van der Waals surface area contributed by atoms with Crippen molar-refractivity contribution in [2.24, 2.45) is 0 Å². The van der Waals surface area contributed by atoms with E-state index in [1.807, 2.05) is 0 Å². The molecule has 0 atom stereocenters. The predicted molar refractivity (Wildman–Crippen MR) is 46.1 cm³/mol. The van der Waals surface area contributed by atoms with Gasteiger partial charge in [0, 0.05) is 17.3 Å². The first kappa shape index (κ1) is 10.6. The maximum absolute atomic E-state index is 12.4. The fourth-order valence-electron chi connectivity index (χ4n) is 1.14. The van der Waals surface area contributed by atoms with Crippen LogP contribution >= 0.6 is 0 Å². The number of hydrogen-bond donors (Lipinski definition) is 2. The molecule has 14 heavy (non-hydrogen) atoms. The third-order valence-corrected chi connectivity index (χ3v) is 1.80. The second-order valence-electron chi connectivity index (χ2n) is 2.57. The van der Waals surface area contributed by atoms with Crippen LogP contribution in [-0.4, -0.2) is 17.2 Å². The number of nitrogen functional groups attached to an aromatic ring is 1. The Morgan fingerprint density at radius 1 is 1.64 bits per heavy atom. The summed E-state index contributed by atoms with van der Waals surface area (Å²) in [6.07, 6.45) is -1.77. The Morgan fingerprint density at radius 2 is 2.29 bits per heavy atom. The van der Waals surface area contributed by atoms with Gasteiger partial charge in [-0.2, -0.15) is 0 Å². The first-order valence-corrected chi connectivity index (χ1v) is 3.82. The fourth-order valence-corrected chi connectivity index (χ4v) is 1.14. The largest absolute Gasteiger partial charge is 0.492 e. The van der Waals surface area contributed by atoms with Crippen LogP contribution in [0.5, 0.6) is 5.75 Å². The van der Waals surface area contributed by atoms with Gasteiger partial charge in [-0.1, -0.05) is 0 Å². The molecule has 1 aromatic heterocycles. The van der Waals surface area contributed by atoms with Crippen molar-refractivity contribution in [3.8, 4) is 5.75 Å². The van der Waals surface area contributed by atoms with Gasteiger partial charge in [0.25, 0.3) is 6.43 Å². The number of methoxy groups -OCH3 is 1. The minimum atomic E-state index is -2.71. The number of nitrogens with zero attached hydrogens (tertiary/aromatic N) is 1. The van der Waals surface area contributed by atoms with E-state index in [0.717, 1.165) is 6.20 Å². The lowest BCUT2D eigenvalue weighted by atomic mass is 10.1. The summed E-state index contributed by atoms with van der Waals surface area (Å²) in [5.41, 5.74) is 5.00. The van der Waals surface area contributed by atoms with Crippen LogP contribution in [0.25, 0.3) is 0 Å². The summed E-state index contributed by atoms with van der Waals surface area (Å²) >= 11 is 0. The third kappa shape index (κ3) is 1.74. The molecule has 0 bridgehead atoms. The molecule has 1 rings (SSSR count). The van der Waals surface area contributed by atoms with Crippen LogP contribution in [0.2, 0.25) is 0 Å². The minimum absolute atomic E-state index is 0.00491. The van der Waals surface area contributed by atoms with Crippen molar-refractivity contribution in [1.82, 2.24) is 4.98 Å². The van der Waals surface area contributed by atoms with E-state index in [2.05, 4.69) is 4.98 Å². The molecule has 0 unspecified atom stereocenters. The normalized spacial score (nSPS) is 10.6. The molecule has 0 amide bonds. The number of halogens is 2. The van der Waals surface area contributed by atoms with Crippen molar-refractivity contribution in [1.29, 1.82) is 0 Å². The fraction of sp³-hybridized carbons (Fsp3) is 0.375. The number of nitrogens with two attached hydrogens (primary N) is 1. The van der Waals surface area contributed by atoms with Crippen molar-refractivity contribution in [3.05, 3.63) is 17.3 Å². The Morgan fingerprint density at radius 3 is 2.71 bits per heavy atom. The molecule has 1 aromatic rings. The van der Waals surface area contributed by atoms with Gasteiger partial charge in [-0.05, 0) is 0 Å². The molecule has 0 saturated carbocycles. The van der Waals surface area contributed by atoms with Crippen molar-refractivity contribution >= 4 is 5.82 Å². The molecular weight excluding hydrogens is 194 g/mol. The lowest BCUT2D eigenvalue weighted by Gasteiger charge is -2.12. The zero-order valence-corrected chi connectivity index (χ0v) is 7.50. The van der Waals surface area contributed by atoms with E-state index in [0.29, 0.717) is 0 Å². The molecule has 78 valence electrons. The van der Waals surface area contributed by atoms with Gasteiger partial charge in [0.05, 0.1) is 13.7 Å². The average Bonchev–Trinajstić information content (AvgIpc) is 2.16. The first-order valence-electron chi connectivity index (χ1n) is 3.82. The number of alkyl halides is 2. The summed E-state index contributed by atoms with van der Waals surface area (Å²) < 4.78 is 29.6. The molecule has 4 nitrogen and oxygen atoms in total. The van der Waals surface area contributed by atoms with Crippen LogP contribution in [0.4, 0.5) is 14.6 Å². The highest BCUT2D eigenvalue weighted by Gasteiger charge is 2.19. The van der Waals surface area contributed by atoms with Gasteiger partial charge in [-0.3, -0.25) is 0 Å². The molecule has 0 radical (unpaired) electrons. The molecule has 0 spiro atoms. The van der Waals surface area contributed by atoms with Gasteiger partial charge in [0.1, 0.15) is 0 Å². The molecular formula is C8H10F2N2O2. The second kappa shape index (κ2) is 4.19.